The summed E-state index contributed by atoms with van der Waals surface area (Å²) in [5.74, 6) is -0.132. The summed E-state index contributed by atoms with van der Waals surface area (Å²) in [5.41, 5.74) is 4.18. The van der Waals surface area contributed by atoms with Gasteiger partial charge in [0.05, 0.1) is 5.69 Å². The molecule has 1 aromatic carbocycles. The predicted octanol–water partition coefficient (Wildman–Crippen LogP) is 3.09. The minimum Gasteiger partial charge on any atom is -0.364 e. The fraction of sp³-hybridized carbons (Fsp3) is 0.267. The van der Waals surface area contributed by atoms with Crippen LogP contribution >= 0.6 is 0 Å². The number of fused-ring (bicyclic) bond motifs is 1. The number of aromatic nitrogens is 1. The Balaban J connectivity index is 1.92. The molecule has 0 N–H and O–H groups in total. The lowest BCUT2D eigenvalue weighted by molar-refractivity contribution is 0.609. The van der Waals surface area contributed by atoms with Gasteiger partial charge in [0.1, 0.15) is 5.82 Å². The Kier molecular flexibility index (Phi) is 2.74. The van der Waals surface area contributed by atoms with Gasteiger partial charge in [-0.1, -0.05) is 6.07 Å². The van der Waals surface area contributed by atoms with Gasteiger partial charge in [0.2, 0.25) is 0 Å². The Morgan fingerprint density at radius 1 is 1.22 bits per heavy atom. The van der Waals surface area contributed by atoms with Gasteiger partial charge in [0.25, 0.3) is 0 Å². The third-order valence-corrected chi connectivity index (χ3v) is 3.46. The molecule has 1 aliphatic rings. The molecule has 0 unspecified atom stereocenters. The number of pyridine rings is 1. The second-order valence-electron chi connectivity index (χ2n) is 4.77. The molecule has 2 aromatic rings. The van der Waals surface area contributed by atoms with E-state index >= 15 is 0 Å². The van der Waals surface area contributed by atoms with Gasteiger partial charge in [0.15, 0.2) is 0 Å². The van der Waals surface area contributed by atoms with Crippen LogP contribution in [0.5, 0.6) is 0 Å². The maximum atomic E-state index is 14.0. The zero-order valence-corrected chi connectivity index (χ0v) is 10.4. The Bertz CT molecular complexity index is 580. The highest BCUT2D eigenvalue weighted by atomic mass is 19.1. The number of aryl methyl sites for hydroxylation is 1. The zero-order valence-electron chi connectivity index (χ0n) is 10.4. The highest BCUT2D eigenvalue weighted by Gasteiger charge is 2.18. The van der Waals surface area contributed by atoms with Gasteiger partial charge in [0, 0.05) is 25.5 Å². The van der Waals surface area contributed by atoms with Crippen LogP contribution in [0.1, 0.15) is 16.7 Å². The monoisotopic (exact) mass is 242 g/mol. The van der Waals surface area contributed by atoms with E-state index in [2.05, 4.69) is 9.88 Å². The first-order valence-corrected chi connectivity index (χ1v) is 6.17. The van der Waals surface area contributed by atoms with Gasteiger partial charge in [-0.25, -0.2) is 4.39 Å². The molecule has 0 radical (unpaired) electrons. The summed E-state index contributed by atoms with van der Waals surface area (Å²) >= 11 is 0. The second-order valence-corrected chi connectivity index (χ2v) is 4.77. The molecule has 3 rings (SSSR count). The highest BCUT2D eigenvalue weighted by molar-refractivity contribution is 5.51. The van der Waals surface area contributed by atoms with Crippen molar-refractivity contribution in [3.63, 3.8) is 0 Å². The molecule has 1 aliphatic heterocycles. The van der Waals surface area contributed by atoms with Gasteiger partial charge >= 0.3 is 0 Å². The first kappa shape index (κ1) is 11.2. The molecule has 0 spiro atoms. The summed E-state index contributed by atoms with van der Waals surface area (Å²) in [6, 6.07) is 7.45. The van der Waals surface area contributed by atoms with Crippen LogP contribution < -0.4 is 4.90 Å². The zero-order chi connectivity index (χ0) is 12.5. The molecular weight excluding hydrogens is 227 g/mol. The smallest absolute Gasteiger partial charge is 0.146 e. The van der Waals surface area contributed by atoms with Gasteiger partial charge < -0.3 is 4.90 Å². The lowest BCUT2D eigenvalue weighted by Crippen LogP contribution is -2.31. The fourth-order valence-corrected chi connectivity index (χ4v) is 2.45. The number of hydrogen-bond donors (Lipinski definition) is 0. The topological polar surface area (TPSA) is 16.1 Å². The fourth-order valence-electron chi connectivity index (χ4n) is 2.45. The van der Waals surface area contributed by atoms with Crippen LogP contribution in [0.4, 0.5) is 10.1 Å². The summed E-state index contributed by atoms with van der Waals surface area (Å²) in [7, 11) is 0. The third-order valence-electron chi connectivity index (χ3n) is 3.46. The normalized spacial score (nSPS) is 14.4. The summed E-state index contributed by atoms with van der Waals surface area (Å²) < 4.78 is 14.0. The van der Waals surface area contributed by atoms with E-state index in [1.165, 1.54) is 11.1 Å². The van der Waals surface area contributed by atoms with Crippen molar-refractivity contribution in [2.75, 3.05) is 11.4 Å². The molecule has 1 aromatic heterocycles. The van der Waals surface area contributed by atoms with Crippen molar-refractivity contribution in [3.05, 3.63) is 59.2 Å². The molecule has 2 heterocycles. The van der Waals surface area contributed by atoms with Crippen LogP contribution in [-0.2, 0) is 13.0 Å². The number of halogens is 1. The number of nitrogens with zero attached hydrogens (tertiary/aromatic N) is 2. The van der Waals surface area contributed by atoms with Crippen LogP contribution in [0.15, 0.2) is 36.7 Å². The summed E-state index contributed by atoms with van der Waals surface area (Å²) in [6.07, 6.45) is 4.64. The number of hydrogen-bond acceptors (Lipinski definition) is 2. The van der Waals surface area contributed by atoms with E-state index in [1.807, 2.05) is 31.3 Å². The third kappa shape index (κ3) is 1.96. The number of rotatable bonds is 1. The molecule has 2 nitrogen and oxygen atoms in total. The van der Waals surface area contributed by atoms with E-state index in [4.69, 9.17) is 0 Å². The Hall–Kier alpha value is -1.90. The van der Waals surface area contributed by atoms with E-state index in [1.54, 1.807) is 12.3 Å². The Labute approximate surface area is 106 Å². The molecule has 0 amide bonds. The highest BCUT2D eigenvalue weighted by Crippen LogP contribution is 2.26. The average Bonchev–Trinajstić information content (AvgIpc) is 2.38. The summed E-state index contributed by atoms with van der Waals surface area (Å²) in [4.78, 5) is 6.23. The maximum Gasteiger partial charge on any atom is 0.146 e. The van der Waals surface area contributed by atoms with Crippen LogP contribution in [-0.4, -0.2) is 11.5 Å². The van der Waals surface area contributed by atoms with Crippen LogP contribution in [0.3, 0.4) is 0 Å². The SMILES string of the molecule is Cc1ccc(N2CCc3cnccc3C2)c(F)c1. The molecule has 3 heteroatoms. The second kappa shape index (κ2) is 4.41. The molecule has 0 saturated carbocycles. The van der Waals surface area contributed by atoms with Crippen molar-refractivity contribution >= 4 is 5.69 Å². The van der Waals surface area contributed by atoms with Crippen molar-refractivity contribution in [2.45, 2.75) is 19.9 Å². The largest absolute Gasteiger partial charge is 0.364 e. The van der Waals surface area contributed by atoms with E-state index in [0.717, 1.165) is 25.1 Å². The summed E-state index contributed by atoms with van der Waals surface area (Å²) in [6.45, 7) is 3.51. The Morgan fingerprint density at radius 3 is 2.94 bits per heavy atom. The lowest BCUT2D eigenvalue weighted by atomic mass is 10.0. The van der Waals surface area contributed by atoms with Crippen LogP contribution in [0.2, 0.25) is 0 Å². The van der Waals surface area contributed by atoms with Gasteiger partial charge in [-0.3, -0.25) is 4.98 Å². The van der Waals surface area contributed by atoms with E-state index in [-0.39, 0.29) is 5.82 Å². The molecule has 0 bridgehead atoms. The lowest BCUT2D eigenvalue weighted by Gasteiger charge is -2.30. The van der Waals surface area contributed by atoms with Crippen molar-refractivity contribution in [2.24, 2.45) is 0 Å². The number of benzene rings is 1. The van der Waals surface area contributed by atoms with Crippen molar-refractivity contribution in [3.8, 4) is 0 Å². The van der Waals surface area contributed by atoms with Crippen LogP contribution in [0, 0.1) is 12.7 Å². The first-order chi connectivity index (χ1) is 8.74. The molecule has 0 atom stereocenters. The standard InChI is InChI=1S/C15H15FN2/c1-11-2-3-15(14(16)8-11)18-7-5-12-9-17-6-4-13(12)10-18/h2-4,6,8-9H,5,7,10H2,1H3. The molecule has 0 fully saturated rings. The predicted molar refractivity (Wildman–Crippen MR) is 70.1 cm³/mol. The average molecular weight is 242 g/mol. The van der Waals surface area contributed by atoms with Crippen molar-refractivity contribution < 1.29 is 4.39 Å². The molecular formula is C15H15FN2. The van der Waals surface area contributed by atoms with E-state index in [0.29, 0.717) is 5.69 Å². The van der Waals surface area contributed by atoms with Crippen LogP contribution in [0.25, 0.3) is 0 Å². The summed E-state index contributed by atoms with van der Waals surface area (Å²) in [5, 5.41) is 0. The molecule has 0 saturated heterocycles. The van der Waals surface area contributed by atoms with Gasteiger partial charge in [-0.05, 0) is 48.2 Å². The number of anilines is 1. The minimum absolute atomic E-state index is 0.132. The Morgan fingerprint density at radius 2 is 2.11 bits per heavy atom. The van der Waals surface area contributed by atoms with Crippen molar-refractivity contribution in [1.29, 1.82) is 0 Å². The first-order valence-electron chi connectivity index (χ1n) is 6.17. The van der Waals surface area contributed by atoms with Crippen molar-refractivity contribution in [1.82, 2.24) is 4.98 Å². The molecule has 18 heavy (non-hydrogen) atoms. The van der Waals surface area contributed by atoms with E-state index < -0.39 is 0 Å². The van der Waals surface area contributed by atoms with Gasteiger partial charge in [-0.2, -0.15) is 0 Å². The maximum absolute atomic E-state index is 14.0. The minimum atomic E-state index is -0.132. The molecule has 0 aliphatic carbocycles. The van der Waals surface area contributed by atoms with Gasteiger partial charge in [-0.15, -0.1) is 0 Å². The van der Waals surface area contributed by atoms with E-state index in [9.17, 15) is 4.39 Å². The quantitative estimate of drug-likeness (QED) is 0.764. The molecule has 92 valence electrons.